The zero-order valence-electron chi connectivity index (χ0n) is 14.7. The number of para-hydroxylation sites is 1. The van der Waals surface area contributed by atoms with E-state index < -0.39 is 0 Å². The molecule has 0 amide bonds. The molecule has 0 aliphatic carbocycles. The van der Waals surface area contributed by atoms with Crippen molar-refractivity contribution in [1.82, 2.24) is 4.57 Å². The number of aromatic nitrogens is 1. The van der Waals surface area contributed by atoms with Gasteiger partial charge >= 0.3 is 0 Å². The molecule has 0 spiro atoms. The SMILES string of the molecule is C=CC(C)n1c(N2CCCCCCCC2)c(C=O)c2ccccc21. The molecule has 0 saturated carbocycles. The lowest BCUT2D eigenvalue weighted by Gasteiger charge is -2.28. The van der Waals surface area contributed by atoms with Gasteiger partial charge in [-0.3, -0.25) is 4.79 Å². The van der Waals surface area contributed by atoms with E-state index in [2.05, 4.69) is 35.1 Å². The minimum atomic E-state index is 0.159. The van der Waals surface area contributed by atoms with Crippen LogP contribution < -0.4 is 4.90 Å². The summed E-state index contributed by atoms with van der Waals surface area (Å²) in [5, 5.41) is 1.05. The normalized spacial score (nSPS) is 17.8. The Hall–Kier alpha value is -2.03. The van der Waals surface area contributed by atoms with E-state index >= 15 is 0 Å². The second-order valence-electron chi connectivity index (χ2n) is 6.83. The van der Waals surface area contributed by atoms with Crippen LogP contribution >= 0.6 is 0 Å². The van der Waals surface area contributed by atoms with Crippen molar-refractivity contribution in [1.29, 1.82) is 0 Å². The third-order valence-corrected chi connectivity index (χ3v) is 5.19. The van der Waals surface area contributed by atoms with Gasteiger partial charge in [-0.05, 0) is 25.8 Å². The molecule has 3 nitrogen and oxygen atoms in total. The number of hydrogen-bond donors (Lipinski definition) is 0. The number of nitrogens with zero attached hydrogens (tertiary/aromatic N) is 2. The number of carbonyl (C=O) groups is 1. The largest absolute Gasteiger partial charge is 0.357 e. The second-order valence-corrected chi connectivity index (χ2v) is 6.83. The number of aldehydes is 1. The van der Waals surface area contributed by atoms with Crippen molar-refractivity contribution < 1.29 is 4.79 Å². The summed E-state index contributed by atoms with van der Waals surface area (Å²) in [6.45, 7) is 8.19. The summed E-state index contributed by atoms with van der Waals surface area (Å²) < 4.78 is 2.30. The van der Waals surface area contributed by atoms with E-state index in [1.54, 1.807) is 0 Å². The van der Waals surface area contributed by atoms with Gasteiger partial charge in [-0.15, -0.1) is 6.58 Å². The summed E-state index contributed by atoms with van der Waals surface area (Å²) in [6.07, 6.45) is 10.6. The van der Waals surface area contributed by atoms with Crippen LogP contribution in [0.15, 0.2) is 36.9 Å². The number of benzene rings is 1. The lowest BCUT2D eigenvalue weighted by atomic mass is 10.1. The van der Waals surface area contributed by atoms with Crippen molar-refractivity contribution in [2.24, 2.45) is 0 Å². The molecule has 1 aromatic heterocycles. The van der Waals surface area contributed by atoms with E-state index in [9.17, 15) is 4.79 Å². The van der Waals surface area contributed by atoms with Gasteiger partial charge in [0, 0.05) is 18.5 Å². The molecule has 1 aromatic carbocycles. The standard InChI is InChI=1S/C21H28N2O/c1-3-17(2)23-20-13-9-8-12-18(20)19(16-24)21(23)22-14-10-6-4-5-7-11-15-22/h3,8-9,12-13,16-17H,1,4-7,10-11,14-15H2,2H3. The molecular weight excluding hydrogens is 296 g/mol. The molecule has 1 aliphatic rings. The summed E-state index contributed by atoms with van der Waals surface area (Å²) in [4.78, 5) is 14.4. The van der Waals surface area contributed by atoms with Crippen molar-refractivity contribution in [2.75, 3.05) is 18.0 Å². The predicted molar refractivity (Wildman–Crippen MR) is 102 cm³/mol. The number of anilines is 1. The molecule has 1 aliphatic heterocycles. The van der Waals surface area contributed by atoms with Crippen LogP contribution in [-0.4, -0.2) is 23.9 Å². The number of allylic oxidation sites excluding steroid dienone is 1. The average molecular weight is 324 g/mol. The van der Waals surface area contributed by atoms with Gasteiger partial charge in [0.05, 0.1) is 17.1 Å². The first-order valence-electron chi connectivity index (χ1n) is 9.23. The highest BCUT2D eigenvalue weighted by atomic mass is 16.1. The molecule has 1 unspecified atom stereocenters. The molecule has 1 saturated heterocycles. The van der Waals surface area contributed by atoms with E-state index in [-0.39, 0.29) is 6.04 Å². The summed E-state index contributed by atoms with van der Waals surface area (Å²) >= 11 is 0. The number of fused-ring (bicyclic) bond motifs is 1. The van der Waals surface area contributed by atoms with Crippen LogP contribution in [0.25, 0.3) is 10.9 Å². The van der Waals surface area contributed by atoms with Crippen LogP contribution in [0.4, 0.5) is 5.82 Å². The van der Waals surface area contributed by atoms with Crippen molar-refractivity contribution in [3.8, 4) is 0 Å². The zero-order valence-corrected chi connectivity index (χ0v) is 14.7. The van der Waals surface area contributed by atoms with Gasteiger partial charge in [0.15, 0.2) is 6.29 Å². The van der Waals surface area contributed by atoms with Crippen molar-refractivity contribution in [3.63, 3.8) is 0 Å². The van der Waals surface area contributed by atoms with Gasteiger partial charge in [0.2, 0.25) is 0 Å². The first-order valence-corrected chi connectivity index (χ1v) is 9.23. The van der Waals surface area contributed by atoms with Crippen LogP contribution in [0.3, 0.4) is 0 Å². The Morgan fingerprint density at radius 3 is 2.29 bits per heavy atom. The quantitative estimate of drug-likeness (QED) is 0.558. The van der Waals surface area contributed by atoms with Crippen LogP contribution in [-0.2, 0) is 0 Å². The Balaban J connectivity index is 2.16. The fraction of sp³-hybridized carbons (Fsp3) is 0.476. The lowest BCUT2D eigenvalue weighted by molar-refractivity contribution is 0.112. The summed E-state index contributed by atoms with van der Waals surface area (Å²) in [6, 6.07) is 8.39. The molecule has 2 aromatic rings. The number of carbonyl (C=O) groups excluding carboxylic acids is 1. The van der Waals surface area contributed by atoms with Crippen molar-refractivity contribution >= 4 is 23.0 Å². The molecule has 0 bridgehead atoms. The fourth-order valence-electron chi connectivity index (χ4n) is 3.87. The van der Waals surface area contributed by atoms with Crippen LogP contribution in [0, 0.1) is 0 Å². The van der Waals surface area contributed by atoms with E-state index in [1.807, 2.05) is 18.2 Å². The van der Waals surface area contributed by atoms with Crippen LogP contribution in [0.2, 0.25) is 0 Å². The Bertz CT molecular complexity index is 706. The Labute approximate surface area is 145 Å². The Morgan fingerprint density at radius 1 is 1.04 bits per heavy atom. The molecule has 1 fully saturated rings. The van der Waals surface area contributed by atoms with E-state index in [0.29, 0.717) is 0 Å². The maximum atomic E-state index is 12.0. The van der Waals surface area contributed by atoms with E-state index in [1.165, 1.54) is 38.5 Å². The fourth-order valence-corrected chi connectivity index (χ4v) is 3.87. The predicted octanol–water partition coefficient (Wildman–Crippen LogP) is 5.36. The molecule has 3 heteroatoms. The van der Waals surface area contributed by atoms with E-state index in [4.69, 9.17) is 0 Å². The minimum Gasteiger partial charge on any atom is -0.357 e. The highest BCUT2D eigenvalue weighted by Gasteiger charge is 2.23. The average Bonchev–Trinajstić information content (AvgIpc) is 3.01. The van der Waals surface area contributed by atoms with Gasteiger partial charge in [0.25, 0.3) is 0 Å². The van der Waals surface area contributed by atoms with Crippen molar-refractivity contribution in [3.05, 3.63) is 42.5 Å². The molecule has 0 radical (unpaired) electrons. The molecule has 3 rings (SSSR count). The van der Waals surface area contributed by atoms with Gasteiger partial charge in [-0.1, -0.05) is 50.0 Å². The first kappa shape index (κ1) is 16.8. The molecule has 0 N–H and O–H groups in total. The van der Waals surface area contributed by atoms with Gasteiger partial charge in [-0.25, -0.2) is 0 Å². The number of hydrogen-bond acceptors (Lipinski definition) is 2. The smallest absolute Gasteiger partial charge is 0.154 e. The van der Waals surface area contributed by atoms with Crippen molar-refractivity contribution in [2.45, 2.75) is 51.5 Å². The summed E-state index contributed by atoms with van der Waals surface area (Å²) in [5.41, 5.74) is 1.96. The summed E-state index contributed by atoms with van der Waals surface area (Å²) in [5.74, 6) is 1.08. The van der Waals surface area contributed by atoms with Crippen LogP contribution in [0.5, 0.6) is 0 Å². The molecule has 1 atom stereocenters. The molecule has 24 heavy (non-hydrogen) atoms. The van der Waals surface area contributed by atoms with Gasteiger partial charge in [-0.2, -0.15) is 0 Å². The number of rotatable bonds is 4. The molecule has 128 valence electrons. The maximum absolute atomic E-state index is 12.0. The second kappa shape index (κ2) is 7.69. The van der Waals surface area contributed by atoms with Crippen LogP contribution in [0.1, 0.15) is 61.8 Å². The lowest BCUT2D eigenvalue weighted by Crippen LogP contribution is -2.29. The minimum absolute atomic E-state index is 0.159. The Kier molecular flexibility index (Phi) is 5.39. The Morgan fingerprint density at radius 2 is 1.67 bits per heavy atom. The van der Waals surface area contributed by atoms with Gasteiger partial charge in [0.1, 0.15) is 5.82 Å². The topological polar surface area (TPSA) is 25.2 Å². The van der Waals surface area contributed by atoms with Gasteiger partial charge < -0.3 is 9.47 Å². The highest BCUT2D eigenvalue weighted by molar-refractivity contribution is 6.04. The molecule has 2 heterocycles. The maximum Gasteiger partial charge on any atom is 0.154 e. The van der Waals surface area contributed by atoms with E-state index in [0.717, 1.165) is 41.7 Å². The highest BCUT2D eigenvalue weighted by Crippen LogP contribution is 2.35. The monoisotopic (exact) mass is 324 g/mol. The third-order valence-electron chi connectivity index (χ3n) is 5.19. The summed E-state index contributed by atoms with van der Waals surface area (Å²) in [7, 11) is 0. The zero-order chi connectivity index (χ0) is 16.9. The first-order chi connectivity index (χ1) is 11.8. The molecular formula is C21H28N2O. The third kappa shape index (κ3) is 3.12.